The van der Waals surface area contributed by atoms with Gasteiger partial charge in [0, 0.05) is 51.7 Å². The Labute approximate surface area is 303 Å². The molecule has 1 aliphatic rings. The van der Waals surface area contributed by atoms with Gasteiger partial charge in [-0.05, 0) is 60.5 Å². The van der Waals surface area contributed by atoms with Crippen LogP contribution in [0.2, 0.25) is 0 Å². The van der Waals surface area contributed by atoms with Crippen molar-refractivity contribution in [3.05, 3.63) is 181 Å². The summed E-state index contributed by atoms with van der Waals surface area (Å²) in [4.78, 5) is 10.4. The first-order valence-corrected chi connectivity index (χ1v) is 17.8. The van der Waals surface area contributed by atoms with E-state index in [-0.39, 0.29) is 5.92 Å². The number of rotatable bonds is 8. The Morgan fingerprint density at radius 3 is 2.21 bits per heavy atom. The van der Waals surface area contributed by atoms with Crippen LogP contribution in [0.1, 0.15) is 41.3 Å². The number of fused-ring (bicyclic) bond motifs is 4. The van der Waals surface area contributed by atoms with Crippen molar-refractivity contribution in [3.8, 4) is 34.7 Å². The minimum atomic E-state index is 0.0895. The highest BCUT2D eigenvalue weighted by atomic mass is 15.2. The highest BCUT2D eigenvalue weighted by molar-refractivity contribution is 6.09. The molecule has 248 valence electrons. The summed E-state index contributed by atoms with van der Waals surface area (Å²) in [5, 5.41) is 3.65. The Balaban J connectivity index is 1.13. The average molecular weight is 669 g/mol. The third kappa shape index (κ3) is 5.63. The van der Waals surface area contributed by atoms with Crippen LogP contribution in [-0.4, -0.2) is 19.1 Å². The molecule has 9 rings (SSSR count). The molecule has 0 N–H and O–H groups in total. The Bertz CT molecular complexity index is 2730. The zero-order valence-corrected chi connectivity index (χ0v) is 28.8. The lowest BCUT2D eigenvalue weighted by molar-refractivity contribution is 0.812. The van der Waals surface area contributed by atoms with Gasteiger partial charge >= 0.3 is 0 Å². The summed E-state index contributed by atoms with van der Waals surface area (Å²) in [6.07, 6.45) is 13.1. The third-order valence-corrected chi connectivity index (χ3v) is 9.95. The first kappa shape index (κ1) is 31.3. The molecule has 4 heteroatoms. The predicted molar refractivity (Wildman–Crippen MR) is 217 cm³/mol. The molecule has 1 aliphatic carbocycles. The minimum Gasteiger partial charge on any atom is -0.309 e. The lowest BCUT2D eigenvalue weighted by Gasteiger charge is -2.15. The molecule has 52 heavy (non-hydrogen) atoms. The predicted octanol–water partition coefficient (Wildman–Crippen LogP) is 11.5. The SMILES string of the molecule is C=Cc1c(/C=C\Cc2ccc3c(c2)c2ccccc2n3-c2ccccc2)c2ccccc2n1-c1nc(-c2ccccc2)cc(C2C=CCC#CC2)n1. The molecule has 0 saturated heterocycles. The third-order valence-electron chi connectivity index (χ3n) is 9.95. The molecular formula is C48H36N4. The molecule has 0 saturated carbocycles. The van der Waals surface area contributed by atoms with Gasteiger partial charge in [0.1, 0.15) is 0 Å². The van der Waals surface area contributed by atoms with E-state index in [0.717, 1.165) is 58.4 Å². The molecule has 3 aromatic heterocycles. The summed E-state index contributed by atoms with van der Waals surface area (Å²) in [7, 11) is 0. The largest absolute Gasteiger partial charge is 0.309 e. The molecule has 0 aliphatic heterocycles. The zero-order chi connectivity index (χ0) is 34.9. The van der Waals surface area contributed by atoms with Gasteiger partial charge in [0.2, 0.25) is 5.95 Å². The van der Waals surface area contributed by atoms with Gasteiger partial charge in [-0.25, -0.2) is 9.97 Å². The fraction of sp³-hybridized carbons (Fsp3) is 0.0833. The second-order valence-corrected chi connectivity index (χ2v) is 13.1. The van der Waals surface area contributed by atoms with Gasteiger partial charge < -0.3 is 4.57 Å². The van der Waals surface area contributed by atoms with Gasteiger partial charge in [0.15, 0.2) is 0 Å². The van der Waals surface area contributed by atoms with Crippen molar-refractivity contribution in [3.63, 3.8) is 0 Å². The first-order valence-electron chi connectivity index (χ1n) is 17.8. The topological polar surface area (TPSA) is 35.6 Å². The summed E-state index contributed by atoms with van der Waals surface area (Å²) in [5.74, 6) is 7.28. The number of nitrogens with zero attached hydrogens (tertiary/aromatic N) is 4. The highest BCUT2D eigenvalue weighted by Crippen LogP contribution is 2.35. The fourth-order valence-corrected chi connectivity index (χ4v) is 7.51. The van der Waals surface area contributed by atoms with Gasteiger partial charge in [-0.15, -0.1) is 5.92 Å². The smallest absolute Gasteiger partial charge is 0.235 e. The Hall–Kier alpha value is -6.70. The molecule has 0 bridgehead atoms. The molecule has 3 heterocycles. The molecule has 1 unspecified atom stereocenters. The van der Waals surface area contributed by atoms with Crippen LogP contribution in [0, 0.1) is 11.8 Å². The van der Waals surface area contributed by atoms with Crippen molar-refractivity contribution < 1.29 is 0 Å². The lowest BCUT2D eigenvalue weighted by atomic mass is 9.99. The van der Waals surface area contributed by atoms with E-state index in [9.17, 15) is 0 Å². The van der Waals surface area contributed by atoms with Gasteiger partial charge in [-0.3, -0.25) is 4.57 Å². The van der Waals surface area contributed by atoms with Crippen LogP contribution in [0.3, 0.4) is 0 Å². The fourth-order valence-electron chi connectivity index (χ4n) is 7.51. The molecule has 1 atom stereocenters. The monoisotopic (exact) mass is 668 g/mol. The van der Waals surface area contributed by atoms with E-state index in [1.807, 2.05) is 12.1 Å². The number of benzene rings is 5. The summed E-state index contributed by atoms with van der Waals surface area (Å²) in [6, 6.07) is 47.1. The molecular weight excluding hydrogens is 633 g/mol. The van der Waals surface area contributed by atoms with Gasteiger partial charge in [0.25, 0.3) is 0 Å². The number of hydrogen-bond acceptors (Lipinski definition) is 2. The highest BCUT2D eigenvalue weighted by Gasteiger charge is 2.20. The molecule has 0 fully saturated rings. The van der Waals surface area contributed by atoms with Gasteiger partial charge in [-0.2, -0.15) is 0 Å². The van der Waals surface area contributed by atoms with E-state index in [0.29, 0.717) is 5.95 Å². The summed E-state index contributed by atoms with van der Waals surface area (Å²) >= 11 is 0. The van der Waals surface area contributed by atoms with E-state index < -0.39 is 0 Å². The van der Waals surface area contributed by atoms with Crippen molar-refractivity contribution in [2.24, 2.45) is 0 Å². The quantitative estimate of drug-likeness (QED) is 0.119. The van der Waals surface area contributed by atoms with Crippen molar-refractivity contribution in [2.75, 3.05) is 0 Å². The molecule has 4 nitrogen and oxygen atoms in total. The van der Waals surface area contributed by atoms with E-state index in [2.05, 4.69) is 179 Å². The minimum absolute atomic E-state index is 0.0895. The van der Waals surface area contributed by atoms with Crippen LogP contribution in [0.4, 0.5) is 0 Å². The van der Waals surface area contributed by atoms with Crippen molar-refractivity contribution >= 4 is 44.9 Å². The molecule has 8 aromatic rings. The lowest BCUT2D eigenvalue weighted by Crippen LogP contribution is -2.09. The Kier molecular flexibility index (Phi) is 8.15. The van der Waals surface area contributed by atoms with Crippen LogP contribution in [0.15, 0.2) is 158 Å². The zero-order valence-electron chi connectivity index (χ0n) is 28.8. The maximum absolute atomic E-state index is 5.23. The van der Waals surface area contributed by atoms with Crippen LogP contribution in [-0.2, 0) is 6.42 Å². The maximum atomic E-state index is 5.23. The number of allylic oxidation sites excluding steroid dienone is 3. The number of para-hydroxylation sites is 3. The van der Waals surface area contributed by atoms with Gasteiger partial charge in [-0.1, -0.05) is 128 Å². The van der Waals surface area contributed by atoms with Crippen molar-refractivity contribution in [1.82, 2.24) is 19.1 Å². The molecule has 0 amide bonds. The normalized spacial score (nSPS) is 14.2. The Morgan fingerprint density at radius 1 is 0.692 bits per heavy atom. The van der Waals surface area contributed by atoms with Crippen LogP contribution in [0.25, 0.3) is 67.8 Å². The van der Waals surface area contributed by atoms with E-state index in [4.69, 9.17) is 9.97 Å². The molecule has 0 spiro atoms. The maximum Gasteiger partial charge on any atom is 0.235 e. The molecule has 0 radical (unpaired) electrons. The second-order valence-electron chi connectivity index (χ2n) is 13.1. The van der Waals surface area contributed by atoms with E-state index in [1.54, 1.807) is 0 Å². The first-order chi connectivity index (χ1) is 25.8. The van der Waals surface area contributed by atoms with Gasteiger partial charge in [0.05, 0.1) is 33.6 Å². The second kappa shape index (κ2) is 13.5. The Morgan fingerprint density at radius 2 is 1.40 bits per heavy atom. The van der Waals surface area contributed by atoms with Crippen molar-refractivity contribution in [1.29, 1.82) is 0 Å². The van der Waals surface area contributed by atoms with E-state index in [1.165, 1.54) is 33.1 Å². The van der Waals surface area contributed by atoms with Crippen LogP contribution < -0.4 is 0 Å². The summed E-state index contributed by atoms with van der Waals surface area (Å²) in [5.41, 5.74) is 10.9. The molecule has 5 aromatic carbocycles. The summed E-state index contributed by atoms with van der Waals surface area (Å²) < 4.78 is 4.52. The number of hydrogen-bond donors (Lipinski definition) is 0. The van der Waals surface area contributed by atoms with Crippen LogP contribution in [0.5, 0.6) is 0 Å². The average Bonchev–Trinajstić information content (AvgIpc) is 3.54. The standard InChI is InChI=1S/C48H36N4/c1-2-44-38(27-17-18-34-30-31-47-41(32-34)40-26-14-15-28-45(40)51(47)37-23-11-6-12-24-37)39-25-13-16-29-46(39)52(44)48-49-42(35-19-7-3-4-8-20-35)33-43(50-48)36-21-9-5-10-22-36/h2,5-7,9-17,19,21-33,35H,1,3,18,20H2/b27-17-. The van der Waals surface area contributed by atoms with E-state index >= 15 is 0 Å². The number of aromatic nitrogens is 4. The summed E-state index contributed by atoms with van der Waals surface area (Å²) in [6.45, 7) is 4.29. The van der Waals surface area contributed by atoms with Crippen LogP contribution >= 0.6 is 0 Å². The van der Waals surface area contributed by atoms with Crippen molar-refractivity contribution in [2.45, 2.75) is 25.2 Å².